The minimum absolute atomic E-state index is 0.209. The van der Waals surface area contributed by atoms with Gasteiger partial charge in [-0.2, -0.15) is 0 Å². The van der Waals surface area contributed by atoms with E-state index in [2.05, 4.69) is 4.57 Å². The summed E-state index contributed by atoms with van der Waals surface area (Å²) in [5.74, 6) is -0.473. The van der Waals surface area contributed by atoms with Crippen molar-refractivity contribution in [2.24, 2.45) is 0 Å². The Labute approximate surface area is 209 Å². The third-order valence-electron chi connectivity index (χ3n) is 5.33. The van der Waals surface area contributed by atoms with E-state index in [1.165, 1.54) is 28.8 Å². The van der Waals surface area contributed by atoms with Crippen molar-refractivity contribution in [3.8, 4) is 0 Å². The molecule has 1 fully saturated rings. The molecule has 1 aromatic heterocycles. The van der Waals surface area contributed by atoms with Crippen LogP contribution in [0.4, 0.5) is 10.1 Å². The third-order valence-corrected chi connectivity index (χ3v) is 7.37. The molecule has 0 aliphatic carbocycles. The molecule has 1 aliphatic rings. The van der Waals surface area contributed by atoms with Gasteiger partial charge in [0.25, 0.3) is 5.91 Å². The second kappa shape index (κ2) is 8.95. The van der Waals surface area contributed by atoms with E-state index in [9.17, 15) is 9.18 Å². The molecule has 0 atom stereocenters. The molecular weight excluding hydrogens is 498 g/mol. The van der Waals surface area contributed by atoms with Crippen molar-refractivity contribution in [3.05, 3.63) is 105 Å². The topological polar surface area (TPSA) is 25.2 Å². The minimum Gasteiger partial charge on any atom is -0.342 e. The highest BCUT2D eigenvalue weighted by Gasteiger charge is 2.33. The summed E-state index contributed by atoms with van der Waals surface area (Å²) in [4.78, 5) is 15.2. The molecule has 3 aromatic carbocycles. The maximum absolute atomic E-state index is 13.3. The van der Waals surface area contributed by atoms with E-state index in [-0.39, 0.29) is 11.7 Å². The average Bonchev–Trinajstić information content (AvgIpc) is 3.28. The number of anilines is 1. The summed E-state index contributed by atoms with van der Waals surface area (Å²) in [5, 5.41) is 1.78. The highest BCUT2D eigenvalue weighted by atomic mass is 35.5. The van der Waals surface area contributed by atoms with Crippen molar-refractivity contribution in [1.29, 1.82) is 0 Å². The first-order chi connectivity index (χ1) is 15.9. The molecule has 2 heterocycles. The maximum atomic E-state index is 13.3. The molecule has 33 heavy (non-hydrogen) atoms. The molecule has 1 saturated heterocycles. The Hall–Kier alpha value is -2.64. The number of thiocarbonyl (C=S) groups is 1. The highest BCUT2D eigenvalue weighted by molar-refractivity contribution is 8.27. The van der Waals surface area contributed by atoms with Gasteiger partial charge in [-0.3, -0.25) is 9.69 Å². The normalized spacial score (nSPS) is 15.2. The summed E-state index contributed by atoms with van der Waals surface area (Å²) in [6, 6.07) is 19.4. The first kappa shape index (κ1) is 22.2. The fourth-order valence-corrected chi connectivity index (χ4v) is 5.35. The number of carbonyl (C=O) groups is 1. The number of thioether (sulfide) groups is 1. The van der Waals surface area contributed by atoms with Gasteiger partial charge in [-0.1, -0.05) is 77.5 Å². The van der Waals surface area contributed by atoms with E-state index < -0.39 is 0 Å². The number of aromatic nitrogens is 1. The number of hydrogen-bond donors (Lipinski definition) is 0. The Morgan fingerprint density at radius 1 is 1.00 bits per heavy atom. The molecule has 1 aliphatic heterocycles. The zero-order chi connectivity index (χ0) is 23.1. The van der Waals surface area contributed by atoms with E-state index in [1.807, 2.05) is 36.5 Å². The third kappa shape index (κ3) is 4.32. The van der Waals surface area contributed by atoms with E-state index in [4.69, 9.17) is 35.4 Å². The maximum Gasteiger partial charge on any atom is 0.270 e. The van der Waals surface area contributed by atoms with Crippen LogP contribution >= 0.6 is 47.2 Å². The number of carbonyl (C=O) groups excluding carboxylic acids is 1. The van der Waals surface area contributed by atoms with Crippen molar-refractivity contribution in [2.45, 2.75) is 6.54 Å². The Morgan fingerprint density at radius 3 is 2.52 bits per heavy atom. The first-order valence-electron chi connectivity index (χ1n) is 9.96. The van der Waals surface area contributed by atoms with Crippen LogP contribution in [0.3, 0.4) is 0 Å². The molecule has 0 N–H and O–H groups in total. The Morgan fingerprint density at radius 2 is 1.76 bits per heavy atom. The summed E-state index contributed by atoms with van der Waals surface area (Å²) in [6.07, 6.45) is 3.86. The predicted molar refractivity (Wildman–Crippen MR) is 140 cm³/mol. The van der Waals surface area contributed by atoms with Gasteiger partial charge in [-0.05, 0) is 48.0 Å². The lowest BCUT2D eigenvalue weighted by atomic mass is 10.1. The lowest BCUT2D eigenvalue weighted by Gasteiger charge is -2.15. The molecule has 3 nitrogen and oxygen atoms in total. The number of halogens is 3. The van der Waals surface area contributed by atoms with Gasteiger partial charge in [0.2, 0.25) is 0 Å². The zero-order valence-corrected chi connectivity index (χ0v) is 20.1. The van der Waals surface area contributed by atoms with Crippen molar-refractivity contribution in [2.75, 3.05) is 4.90 Å². The molecule has 4 aromatic rings. The molecule has 164 valence electrons. The SMILES string of the molecule is O=C1/C(=C\c2cn(Cc3ccc(F)cc3)c3ccccc23)SC(=S)N1c1ccc(Cl)c(Cl)c1. The van der Waals surface area contributed by atoms with Gasteiger partial charge < -0.3 is 4.57 Å². The standard InChI is InChI=1S/C25H15Cl2FN2OS2/c26-20-10-9-18(12-21(20)27)30-24(31)23(33-25(30)32)11-16-14-29(22-4-2-1-3-19(16)22)13-15-5-7-17(28)8-6-15/h1-12,14H,13H2/b23-11+. The van der Waals surface area contributed by atoms with Crippen molar-refractivity contribution >= 4 is 80.1 Å². The van der Waals surface area contributed by atoms with Crippen molar-refractivity contribution < 1.29 is 9.18 Å². The second-order valence-corrected chi connectivity index (χ2v) is 9.96. The van der Waals surface area contributed by atoms with Crippen LogP contribution in [0.15, 0.2) is 77.8 Å². The van der Waals surface area contributed by atoms with Crippen LogP contribution in [0.5, 0.6) is 0 Å². The van der Waals surface area contributed by atoms with Crippen LogP contribution in [0.2, 0.25) is 10.0 Å². The van der Waals surface area contributed by atoms with Crippen LogP contribution in [0.1, 0.15) is 11.1 Å². The summed E-state index contributed by atoms with van der Waals surface area (Å²) >= 11 is 18.9. The molecule has 0 saturated carbocycles. The van der Waals surface area contributed by atoms with Crippen molar-refractivity contribution in [1.82, 2.24) is 4.57 Å². The summed E-state index contributed by atoms with van der Waals surface area (Å²) in [6.45, 7) is 0.582. The zero-order valence-electron chi connectivity index (χ0n) is 17.0. The summed E-state index contributed by atoms with van der Waals surface area (Å²) in [7, 11) is 0. The van der Waals surface area contributed by atoms with Gasteiger partial charge in [0.1, 0.15) is 5.82 Å². The van der Waals surface area contributed by atoms with Crippen LogP contribution in [0, 0.1) is 5.82 Å². The molecule has 0 unspecified atom stereocenters. The lowest BCUT2D eigenvalue weighted by molar-refractivity contribution is -0.113. The number of para-hydroxylation sites is 1. The van der Waals surface area contributed by atoms with Gasteiger partial charge in [0, 0.05) is 29.2 Å². The fraction of sp³-hybridized carbons (Fsp3) is 0.0400. The fourth-order valence-electron chi connectivity index (χ4n) is 3.76. The predicted octanol–water partition coefficient (Wildman–Crippen LogP) is 7.54. The number of nitrogens with zero attached hydrogens (tertiary/aromatic N) is 2. The number of amides is 1. The van der Waals surface area contributed by atoms with Gasteiger partial charge in [-0.25, -0.2) is 4.39 Å². The van der Waals surface area contributed by atoms with Crippen LogP contribution < -0.4 is 4.90 Å². The monoisotopic (exact) mass is 512 g/mol. The molecule has 8 heteroatoms. The van der Waals surface area contributed by atoms with E-state index in [0.29, 0.717) is 31.5 Å². The van der Waals surface area contributed by atoms with Gasteiger partial charge in [-0.15, -0.1) is 0 Å². The van der Waals surface area contributed by atoms with E-state index in [1.54, 1.807) is 30.3 Å². The summed E-state index contributed by atoms with van der Waals surface area (Å²) in [5.41, 5.74) is 3.49. The summed E-state index contributed by atoms with van der Waals surface area (Å²) < 4.78 is 15.8. The molecule has 0 radical (unpaired) electrons. The average molecular weight is 513 g/mol. The van der Waals surface area contributed by atoms with Gasteiger partial charge in [0.15, 0.2) is 4.32 Å². The van der Waals surface area contributed by atoms with Gasteiger partial charge in [0.05, 0.1) is 20.6 Å². The minimum atomic E-state index is -0.263. The molecular formula is C25H15Cl2FN2OS2. The highest BCUT2D eigenvalue weighted by Crippen LogP contribution is 2.38. The Kier molecular flexibility index (Phi) is 6.01. The van der Waals surface area contributed by atoms with E-state index >= 15 is 0 Å². The van der Waals surface area contributed by atoms with Crippen LogP contribution in [-0.4, -0.2) is 14.8 Å². The Bertz CT molecular complexity index is 1450. The number of benzene rings is 3. The molecule has 1 amide bonds. The number of fused-ring (bicyclic) bond motifs is 1. The lowest BCUT2D eigenvalue weighted by Crippen LogP contribution is -2.27. The number of hydrogen-bond acceptors (Lipinski definition) is 3. The largest absolute Gasteiger partial charge is 0.342 e. The number of rotatable bonds is 4. The second-order valence-electron chi connectivity index (χ2n) is 7.47. The van der Waals surface area contributed by atoms with Crippen molar-refractivity contribution in [3.63, 3.8) is 0 Å². The molecule has 5 rings (SSSR count). The van der Waals surface area contributed by atoms with Crippen LogP contribution in [-0.2, 0) is 11.3 Å². The molecule has 0 bridgehead atoms. The quantitative estimate of drug-likeness (QED) is 0.208. The Balaban J connectivity index is 1.51. The van der Waals surface area contributed by atoms with E-state index in [0.717, 1.165) is 22.0 Å². The molecule has 0 spiro atoms. The first-order valence-corrected chi connectivity index (χ1v) is 11.9. The smallest absolute Gasteiger partial charge is 0.270 e. The van der Waals surface area contributed by atoms with Crippen LogP contribution in [0.25, 0.3) is 17.0 Å². The van der Waals surface area contributed by atoms with Gasteiger partial charge >= 0.3 is 0 Å².